The van der Waals surface area contributed by atoms with Crippen LogP contribution in [-0.2, 0) is 9.53 Å². The second-order valence-electron chi connectivity index (χ2n) is 2.09. The Kier molecular flexibility index (Phi) is 6.11. The summed E-state index contributed by atoms with van der Waals surface area (Å²) in [6.07, 6.45) is 1.47. The smallest absolute Gasteiger partial charge is 0.293 e. The van der Waals surface area contributed by atoms with Gasteiger partial charge in [-0.1, -0.05) is 0 Å². The van der Waals surface area contributed by atoms with E-state index in [-0.39, 0.29) is 6.04 Å². The molecule has 0 fully saturated rings. The molecule has 0 saturated carbocycles. The van der Waals surface area contributed by atoms with Gasteiger partial charge in [0.05, 0.1) is 6.61 Å². The Balaban J connectivity index is 3.04. The van der Waals surface area contributed by atoms with Gasteiger partial charge >= 0.3 is 0 Å². The molecular weight excluding hydrogens is 132 g/mol. The van der Waals surface area contributed by atoms with E-state index < -0.39 is 0 Å². The maximum absolute atomic E-state index is 9.66. The van der Waals surface area contributed by atoms with E-state index in [1.807, 2.05) is 0 Å². The lowest BCUT2D eigenvalue weighted by Crippen LogP contribution is -2.25. The third-order valence-electron chi connectivity index (χ3n) is 1.21. The van der Waals surface area contributed by atoms with E-state index in [0.29, 0.717) is 26.0 Å². The molecule has 0 aromatic carbocycles. The van der Waals surface area contributed by atoms with Gasteiger partial charge < -0.3 is 16.2 Å². The molecule has 0 radical (unpaired) electrons. The van der Waals surface area contributed by atoms with Crippen LogP contribution < -0.4 is 11.5 Å². The van der Waals surface area contributed by atoms with Crippen molar-refractivity contribution >= 4 is 6.47 Å². The van der Waals surface area contributed by atoms with Gasteiger partial charge in [0.25, 0.3) is 6.47 Å². The molecule has 0 aromatic heterocycles. The molecule has 10 heavy (non-hydrogen) atoms. The molecule has 0 spiro atoms. The minimum atomic E-state index is 0.0601. The summed E-state index contributed by atoms with van der Waals surface area (Å²) in [6.45, 7) is 1.40. The molecule has 1 unspecified atom stereocenters. The highest BCUT2D eigenvalue weighted by molar-refractivity contribution is 5.36. The van der Waals surface area contributed by atoms with E-state index in [2.05, 4.69) is 4.74 Å². The number of hydrogen-bond donors (Lipinski definition) is 2. The Morgan fingerprint density at radius 2 is 2.20 bits per heavy atom. The highest BCUT2D eigenvalue weighted by Gasteiger charge is 1.99. The summed E-state index contributed by atoms with van der Waals surface area (Å²) < 4.78 is 4.45. The van der Waals surface area contributed by atoms with Gasteiger partial charge in [-0.15, -0.1) is 0 Å². The number of hydrogen-bond acceptors (Lipinski definition) is 4. The summed E-state index contributed by atoms with van der Waals surface area (Å²) in [5, 5.41) is 0. The third-order valence-corrected chi connectivity index (χ3v) is 1.21. The first-order chi connectivity index (χ1) is 4.81. The van der Waals surface area contributed by atoms with Crippen LogP contribution in [0.2, 0.25) is 0 Å². The van der Waals surface area contributed by atoms with Crippen molar-refractivity contribution in [3.63, 3.8) is 0 Å². The van der Waals surface area contributed by atoms with Crippen LogP contribution in [0.3, 0.4) is 0 Å². The van der Waals surface area contributed by atoms with E-state index in [1.165, 1.54) is 0 Å². The molecule has 60 valence electrons. The predicted molar refractivity (Wildman–Crippen MR) is 38.3 cm³/mol. The van der Waals surface area contributed by atoms with E-state index in [1.54, 1.807) is 0 Å². The first-order valence-corrected chi connectivity index (χ1v) is 3.32. The highest BCUT2D eigenvalue weighted by atomic mass is 16.5. The Bertz CT molecular complexity index is 87.8. The lowest BCUT2D eigenvalue weighted by molar-refractivity contribution is -0.128. The van der Waals surface area contributed by atoms with Gasteiger partial charge in [0.2, 0.25) is 0 Å². The predicted octanol–water partition coefficient (Wildman–Crippen LogP) is -0.774. The molecule has 0 rings (SSSR count). The quantitative estimate of drug-likeness (QED) is 0.381. The van der Waals surface area contributed by atoms with Crippen LogP contribution >= 0.6 is 0 Å². The minimum Gasteiger partial charge on any atom is -0.468 e. The van der Waals surface area contributed by atoms with Crippen molar-refractivity contribution in [1.82, 2.24) is 0 Å². The second kappa shape index (κ2) is 6.51. The maximum Gasteiger partial charge on any atom is 0.293 e. The van der Waals surface area contributed by atoms with Gasteiger partial charge in [0, 0.05) is 6.04 Å². The van der Waals surface area contributed by atoms with Gasteiger partial charge in [-0.05, 0) is 19.4 Å². The zero-order valence-corrected chi connectivity index (χ0v) is 5.95. The van der Waals surface area contributed by atoms with Crippen LogP contribution in [0.4, 0.5) is 0 Å². The van der Waals surface area contributed by atoms with Crippen molar-refractivity contribution in [3.05, 3.63) is 0 Å². The van der Waals surface area contributed by atoms with Crippen LogP contribution in [0, 0.1) is 0 Å². The standard InChI is InChI=1S/C6H14N2O2/c7-3-1-6(8)2-4-10-5-9/h5-6H,1-4,7-8H2. The average molecular weight is 146 g/mol. The van der Waals surface area contributed by atoms with Crippen molar-refractivity contribution in [1.29, 1.82) is 0 Å². The van der Waals surface area contributed by atoms with Crippen LogP contribution in [0.15, 0.2) is 0 Å². The lowest BCUT2D eigenvalue weighted by atomic mass is 10.2. The summed E-state index contributed by atoms with van der Waals surface area (Å²) in [4.78, 5) is 9.66. The van der Waals surface area contributed by atoms with Crippen molar-refractivity contribution in [2.45, 2.75) is 18.9 Å². The zero-order valence-electron chi connectivity index (χ0n) is 5.95. The van der Waals surface area contributed by atoms with E-state index >= 15 is 0 Å². The van der Waals surface area contributed by atoms with E-state index in [0.717, 1.165) is 6.42 Å². The van der Waals surface area contributed by atoms with Crippen molar-refractivity contribution in [3.8, 4) is 0 Å². The van der Waals surface area contributed by atoms with Crippen LogP contribution in [0.25, 0.3) is 0 Å². The molecule has 1 atom stereocenters. The Hall–Kier alpha value is -0.610. The van der Waals surface area contributed by atoms with Crippen molar-refractivity contribution < 1.29 is 9.53 Å². The Morgan fingerprint density at radius 3 is 2.70 bits per heavy atom. The third kappa shape index (κ3) is 5.53. The fourth-order valence-electron chi connectivity index (χ4n) is 0.626. The number of rotatable bonds is 6. The SMILES string of the molecule is NCCC(N)CCOC=O. The fourth-order valence-corrected chi connectivity index (χ4v) is 0.626. The van der Waals surface area contributed by atoms with Gasteiger partial charge in [-0.2, -0.15) is 0 Å². The maximum atomic E-state index is 9.66. The molecule has 0 saturated heterocycles. The van der Waals surface area contributed by atoms with Crippen LogP contribution in [0.1, 0.15) is 12.8 Å². The molecule has 0 bridgehead atoms. The average Bonchev–Trinajstić information content (AvgIpc) is 1.89. The number of ether oxygens (including phenoxy) is 1. The summed E-state index contributed by atoms with van der Waals surface area (Å²) in [7, 11) is 0. The highest BCUT2D eigenvalue weighted by Crippen LogP contribution is 1.91. The van der Waals surface area contributed by atoms with E-state index in [4.69, 9.17) is 11.5 Å². The summed E-state index contributed by atoms with van der Waals surface area (Å²) in [5.74, 6) is 0. The molecule has 0 aromatic rings. The fraction of sp³-hybridized carbons (Fsp3) is 0.833. The molecule has 0 aliphatic rings. The molecule has 0 heterocycles. The second-order valence-corrected chi connectivity index (χ2v) is 2.09. The molecule has 4 N–H and O–H groups in total. The van der Waals surface area contributed by atoms with Gasteiger partial charge in [-0.25, -0.2) is 0 Å². The summed E-state index contributed by atoms with van der Waals surface area (Å²) in [6, 6.07) is 0.0601. The number of carbonyl (C=O) groups excluding carboxylic acids is 1. The first-order valence-electron chi connectivity index (χ1n) is 3.32. The lowest BCUT2D eigenvalue weighted by Gasteiger charge is -2.07. The van der Waals surface area contributed by atoms with Gasteiger partial charge in [0.1, 0.15) is 0 Å². The number of nitrogens with two attached hydrogens (primary N) is 2. The molecule has 0 aliphatic heterocycles. The largest absolute Gasteiger partial charge is 0.468 e. The monoisotopic (exact) mass is 146 g/mol. The van der Waals surface area contributed by atoms with Crippen LogP contribution in [0.5, 0.6) is 0 Å². The molecule has 4 heteroatoms. The minimum absolute atomic E-state index is 0.0601. The molecular formula is C6H14N2O2. The van der Waals surface area contributed by atoms with Crippen molar-refractivity contribution in [2.24, 2.45) is 11.5 Å². The normalized spacial score (nSPS) is 12.6. The molecule has 0 amide bonds. The molecule has 4 nitrogen and oxygen atoms in total. The molecule has 0 aliphatic carbocycles. The summed E-state index contributed by atoms with van der Waals surface area (Å²) in [5.41, 5.74) is 10.8. The van der Waals surface area contributed by atoms with E-state index in [9.17, 15) is 4.79 Å². The first kappa shape index (κ1) is 9.39. The Labute approximate surface area is 60.5 Å². The van der Waals surface area contributed by atoms with Gasteiger partial charge in [0.15, 0.2) is 0 Å². The summed E-state index contributed by atoms with van der Waals surface area (Å²) >= 11 is 0. The topological polar surface area (TPSA) is 78.3 Å². The zero-order chi connectivity index (χ0) is 7.82. The van der Waals surface area contributed by atoms with Gasteiger partial charge in [-0.3, -0.25) is 4.79 Å². The van der Waals surface area contributed by atoms with Crippen molar-refractivity contribution in [2.75, 3.05) is 13.2 Å². The van der Waals surface area contributed by atoms with Crippen LogP contribution in [-0.4, -0.2) is 25.7 Å². The Morgan fingerprint density at radius 1 is 1.50 bits per heavy atom. The number of carbonyl (C=O) groups is 1.